The summed E-state index contributed by atoms with van der Waals surface area (Å²) >= 11 is 0. The lowest BCUT2D eigenvalue weighted by Gasteiger charge is -2.39. The molecule has 0 radical (unpaired) electrons. The van der Waals surface area contributed by atoms with Gasteiger partial charge in [-0.2, -0.15) is 4.99 Å². The van der Waals surface area contributed by atoms with E-state index >= 15 is 0 Å². The van der Waals surface area contributed by atoms with Crippen LogP contribution in [0.15, 0.2) is 16.9 Å². The highest BCUT2D eigenvalue weighted by Gasteiger charge is 2.42. The molecule has 4 heterocycles. The van der Waals surface area contributed by atoms with Crippen molar-refractivity contribution in [1.29, 1.82) is 5.41 Å². The Bertz CT molecular complexity index is 636. The number of guanidine groups is 1. The van der Waals surface area contributed by atoms with Gasteiger partial charge < -0.3 is 30.7 Å². The van der Waals surface area contributed by atoms with E-state index in [-0.39, 0.29) is 11.9 Å². The Morgan fingerprint density at radius 2 is 2.04 bits per heavy atom. The standard InChI is InChI=1S/C19H34N8/c1-24-7-3-8-26(11-10-24)18-23-16(12-15(17(20)21)25(18)2)27-9-5-19(14-27)4-6-22-13-19/h12,15,22H,3-11,13-14H2,1-2H3,(H3,20,21). The minimum absolute atomic E-state index is 0.186. The molecule has 4 N–H and O–H groups in total. The molecule has 3 saturated heterocycles. The van der Waals surface area contributed by atoms with Crippen molar-refractivity contribution in [3.63, 3.8) is 0 Å². The second kappa shape index (κ2) is 7.31. The number of likely N-dealkylation sites (N-methyl/N-ethyl adjacent to an activating group) is 2. The van der Waals surface area contributed by atoms with E-state index in [2.05, 4.69) is 38.0 Å². The molecule has 4 aliphatic rings. The first-order valence-electron chi connectivity index (χ1n) is 10.2. The van der Waals surface area contributed by atoms with Crippen molar-refractivity contribution in [2.75, 3.05) is 66.5 Å². The lowest BCUT2D eigenvalue weighted by Crippen LogP contribution is -2.53. The zero-order valence-corrected chi connectivity index (χ0v) is 16.7. The molecule has 2 atom stereocenters. The second-order valence-electron chi connectivity index (χ2n) is 8.69. The summed E-state index contributed by atoms with van der Waals surface area (Å²) in [5.74, 6) is 2.16. The van der Waals surface area contributed by atoms with Crippen LogP contribution in [0.5, 0.6) is 0 Å². The first-order valence-corrected chi connectivity index (χ1v) is 10.2. The van der Waals surface area contributed by atoms with Gasteiger partial charge in [0.2, 0.25) is 5.96 Å². The number of likely N-dealkylation sites (tertiary alicyclic amines) is 1. The van der Waals surface area contributed by atoms with Crippen LogP contribution in [-0.4, -0.2) is 104 Å². The van der Waals surface area contributed by atoms with E-state index < -0.39 is 0 Å². The van der Waals surface area contributed by atoms with Gasteiger partial charge in [0.15, 0.2) is 0 Å². The molecule has 1 spiro atoms. The zero-order chi connectivity index (χ0) is 19.0. The van der Waals surface area contributed by atoms with Gasteiger partial charge in [-0.15, -0.1) is 0 Å². The molecule has 27 heavy (non-hydrogen) atoms. The van der Waals surface area contributed by atoms with Gasteiger partial charge in [-0.3, -0.25) is 5.41 Å². The van der Waals surface area contributed by atoms with Crippen LogP contribution in [0.4, 0.5) is 0 Å². The predicted molar refractivity (Wildman–Crippen MR) is 109 cm³/mol. The maximum atomic E-state index is 8.10. The quantitative estimate of drug-likeness (QED) is 0.457. The van der Waals surface area contributed by atoms with E-state index in [1.54, 1.807) is 0 Å². The minimum Gasteiger partial charge on any atom is -0.386 e. The van der Waals surface area contributed by atoms with E-state index in [0.717, 1.165) is 70.6 Å². The summed E-state index contributed by atoms with van der Waals surface area (Å²) < 4.78 is 0. The van der Waals surface area contributed by atoms with Crippen LogP contribution in [0.2, 0.25) is 0 Å². The number of hydrogen-bond acceptors (Lipinski definition) is 7. The monoisotopic (exact) mass is 374 g/mol. The summed E-state index contributed by atoms with van der Waals surface area (Å²) in [5.41, 5.74) is 6.37. The number of nitrogens with one attached hydrogen (secondary N) is 2. The van der Waals surface area contributed by atoms with Crippen LogP contribution in [0, 0.1) is 10.8 Å². The van der Waals surface area contributed by atoms with Crippen molar-refractivity contribution in [3.8, 4) is 0 Å². The van der Waals surface area contributed by atoms with Gasteiger partial charge in [0.25, 0.3) is 0 Å². The molecule has 8 heteroatoms. The van der Waals surface area contributed by atoms with Gasteiger partial charge in [0.1, 0.15) is 17.7 Å². The van der Waals surface area contributed by atoms with E-state index in [4.69, 9.17) is 16.1 Å². The number of nitrogens with two attached hydrogens (primary N) is 1. The minimum atomic E-state index is -0.216. The van der Waals surface area contributed by atoms with Gasteiger partial charge in [-0.05, 0) is 45.5 Å². The van der Waals surface area contributed by atoms with Crippen LogP contribution in [-0.2, 0) is 0 Å². The summed E-state index contributed by atoms with van der Waals surface area (Å²) in [6.45, 7) is 8.46. The number of aliphatic imine (C=N–C) groups is 1. The molecule has 150 valence electrons. The molecule has 0 aromatic carbocycles. The Morgan fingerprint density at radius 1 is 1.19 bits per heavy atom. The van der Waals surface area contributed by atoms with Gasteiger partial charge in [0, 0.05) is 51.7 Å². The third kappa shape index (κ3) is 3.65. The fourth-order valence-electron chi connectivity index (χ4n) is 4.89. The van der Waals surface area contributed by atoms with Crippen molar-refractivity contribution in [3.05, 3.63) is 11.9 Å². The molecule has 0 aliphatic carbocycles. The first kappa shape index (κ1) is 18.6. The average Bonchev–Trinajstić information content (AvgIpc) is 3.22. The smallest absolute Gasteiger partial charge is 0.203 e. The summed E-state index contributed by atoms with van der Waals surface area (Å²) in [5, 5.41) is 11.6. The topological polar surface area (TPSA) is 87.2 Å². The highest BCUT2D eigenvalue weighted by atomic mass is 15.4. The molecule has 3 fully saturated rings. The third-order valence-corrected chi connectivity index (χ3v) is 6.67. The van der Waals surface area contributed by atoms with Crippen LogP contribution in [0.25, 0.3) is 0 Å². The normalized spacial score (nSPS) is 32.7. The number of amidine groups is 1. The summed E-state index contributed by atoms with van der Waals surface area (Å²) in [4.78, 5) is 14.3. The van der Waals surface area contributed by atoms with Crippen LogP contribution < -0.4 is 11.1 Å². The number of rotatable bonds is 2. The maximum Gasteiger partial charge on any atom is 0.203 e. The zero-order valence-electron chi connectivity index (χ0n) is 16.7. The van der Waals surface area contributed by atoms with Gasteiger partial charge in [0.05, 0.1) is 0 Å². The fourth-order valence-corrected chi connectivity index (χ4v) is 4.89. The molecule has 0 aromatic rings. The van der Waals surface area contributed by atoms with Gasteiger partial charge in [-0.1, -0.05) is 0 Å². The molecule has 0 saturated carbocycles. The number of nitrogens with zero attached hydrogens (tertiary/aromatic N) is 5. The van der Waals surface area contributed by atoms with Gasteiger partial charge >= 0.3 is 0 Å². The Morgan fingerprint density at radius 3 is 2.78 bits per heavy atom. The van der Waals surface area contributed by atoms with Crippen molar-refractivity contribution in [2.45, 2.75) is 25.3 Å². The molecule has 0 aromatic heterocycles. The molecule has 4 aliphatic heterocycles. The maximum absolute atomic E-state index is 8.10. The van der Waals surface area contributed by atoms with Crippen LogP contribution in [0.1, 0.15) is 19.3 Å². The van der Waals surface area contributed by atoms with Crippen LogP contribution in [0.3, 0.4) is 0 Å². The molecule has 8 nitrogen and oxygen atoms in total. The summed E-state index contributed by atoms with van der Waals surface area (Å²) in [6.07, 6.45) is 5.68. The van der Waals surface area contributed by atoms with Crippen LogP contribution >= 0.6 is 0 Å². The second-order valence-corrected chi connectivity index (χ2v) is 8.69. The SMILES string of the molecule is CN1CCCN(C2=NC(N3CCC4(CCNC4)C3)=CC(C(=N)N)N2C)CC1. The Hall–Kier alpha value is -1.80. The molecule has 2 unspecified atom stereocenters. The van der Waals surface area contributed by atoms with E-state index in [1.165, 1.54) is 12.8 Å². The Labute approximate surface area is 162 Å². The first-order chi connectivity index (χ1) is 13.0. The highest BCUT2D eigenvalue weighted by molar-refractivity contribution is 5.92. The van der Waals surface area contributed by atoms with Crippen molar-refractivity contribution in [2.24, 2.45) is 16.1 Å². The molecular formula is C19H34N8. The molecular weight excluding hydrogens is 340 g/mol. The van der Waals surface area contributed by atoms with Crippen molar-refractivity contribution >= 4 is 11.8 Å². The van der Waals surface area contributed by atoms with E-state index in [0.29, 0.717) is 5.41 Å². The van der Waals surface area contributed by atoms with E-state index in [1.807, 2.05) is 7.05 Å². The van der Waals surface area contributed by atoms with E-state index in [9.17, 15) is 0 Å². The highest BCUT2D eigenvalue weighted by Crippen LogP contribution is 2.38. The molecule has 0 amide bonds. The van der Waals surface area contributed by atoms with Crippen molar-refractivity contribution < 1.29 is 0 Å². The lowest BCUT2D eigenvalue weighted by atomic mass is 9.87. The molecule has 0 bridgehead atoms. The van der Waals surface area contributed by atoms with Crippen molar-refractivity contribution in [1.82, 2.24) is 24.9 Å². The third-order valence-electron chi connectivity index (χ3n) is 6.67. The Balaban J connectivity index is 1.58. The molecule has 4 rings (SSSR count). The largest absolute Gasteiger partial charge is 0.386 e. The predicted octanol–water partition coefficient (Wildman–Crippen LogP) is -0.243. The average molecular weight is 375 g/mol. The Kier molecular flexibility index (Phi) is 5.03. The summed E-state index contributed by atoms with van der Waals surface area (Å²) in [7, 11) is 4.19. The number of hydrogen-bond donors (Lipinski definition) is 3. The van der Waals surface area contributed by atoms with Gasteiger partial charge in [-0.25, -0.2) is 0 Å². The summed E-state index contributed by atoms with van der Waals surface area (Å²) in [6, 6.07) is -0.216. The fraction of sp³-hybridized carbons (Fsp3) is 0.789. The lowest BCUT2D eigenvalue weighted by molar-refractivity contribution is 0.295.